The molecule has 1 aromatic carbocycles. The van der Waals surface area contributed by atoms with E-state index >= 15 is 0 Å². The maximum Gasteiger partial charge on any atom is 0.299 e. The van der Waals surface area contributed by atoms with E-state index in [0.717, 1.165) is 24.1 Å². The molecule has 4 rings (SSSR count). The van der Waals surface area contributed by atoms with E-state index in [1.807, 2.05) is 32.0 Å². The molecule has 1 aliphatic rings. The zero-order valence-corrected chi connectivity index (χ0v) is 13.9. The van der Waals surface area contributed by atoms with Gasteiger partial charge in [-0.1, -0.05) is 17.7 Å². The third kappa shape index (κ3) is 2.77. The first-order valence-electron chi connectivity index (χ1n) is 8.06. The minimum Gasteiger partial charge on any atom is -0.478 e. The van der Waals surface area contributed by atoms with Crippen LogP contribution in [0.4, 0.5) is 8.78 Å². The second-order valence-corrected chi connectivity index (χ2v) is 6.09. The first-order chi connectivity index (χ1) is 12.0. The van der Waals surface area contributed by atoms with Crippen molar-refractivity contribution in [3.8, 4) is 23.1 Å². The Morgan fingerprint density at radius 3 is 2.72 bits per heavy atom. The molecule has 0 fully saturated rings. The standard InChI is InChI=1S/C17H17F2N5O/c1-10-4-5-13(11(2)8-10)24-17(20-16(22-24)15(18)19)12-9-14-23(21-12)6-3-7-25-14/h4-5,8-9,15H,3,6-7H2,1-2H3. The Balaban J connectivity index is 1.88. The van der Waals surface area contributed by atoms with Gasteiger partial charge in [0.1, 0.15) is 5.69 Å². The molecule has 6 nitrogen and oxygen atoms in total. The van der Waals surface area contributed by atoms with Crippen molar-refractivity contribution < 1.29 is 13.5 Å². The van der Waals surface area contributed by atoms with Gasteiger partial charge in [0.15, 0.2) is 5.82 Å². The first kappa shape index (κ1) is 15.7. The lowest BCUT2D eigenvalue weighted by atomic mass is 10.1. The van der Waals surface area contributed by atoms with Crippen molar-refractivity contribution in [2.45, 2.75) is 33.2 Å². The molecule has 0 unspecified atom stereocenters. The van der Waals surface area contributed by atoms with Gasteiger partial charge in [-0.05, 0) is 25.5 Å². The summed E-state index contributed by atoms with van der Waals surface area (Å²) in [7, 11) is 0. The quantitative estimate of drug-likeness (QED) is 0.729. The van der Waals surface area contributed by atoms with Crippen LogP contribution in [0.25, 0.3) is 17.2 Å². The molecule has 0 spiro atoms. The molecule has 1 aliphatic heterocycles. The molecule has 0 aliphatic carbocycles. The summed E-state index contributed by atoms with van der Waals surface area (Å²) in [6.07, 6.45) is -1.89. The van der Waals surface area contributed by atoms with Gasteiger partial charge >= 0.3 is 0 Å². The molecule has 2 aromatic heterocycles. The summed E-state index contributed by atoms with van der Waals surface area (Å²) in [6.45, 7) is 5.24. The summed E-state index contributed by atoms with van der Waals surface area (Å²) < 4.78 is 35.1. The Kier molecular flexibility index (Phi) is 3.74. The number of ether oxygens (including phenoxy) is 1. The summed E-state index contributed by atoms with van der Waals surface area (Å²) in [5.74, 6) is 0.393. The van der Waals surface area contributed by atoms with Gasteiger partial charge in [0.2, 0.25) is 11.7 Å². The highest BCUT2D eigenvalue weighted by molar-refractivity contribution is 5.56. The van der Waals surface area contributed by atoms with Gasteiger partial charge in [-0.3, -0.25) is 0 Å². The maximum atomic E-state index is 13.2. The first-order valence-corrected chi connectivity index (χ1v) is 8.06. The number of hydrogen-bond acceptors (Lipinski definition) is 4. The van der Waals surface area contributed by atoms with Crippen LogP contribution in [-0.2, 0) is 6.54 Å². The van der Waals surface area contributed by atoms with Crippen LogP contribution < -0.4 is 4.74 Å². The highest BCUT2D eigenvalue weighted by Gasteiger charge is 2.24. The Morgan fingerprint density at radius 1 is 1.16 bits per heavy atom. The molecular weight excluding hydrogens is 328 g/mol. The fourth-order valence-electron chi connectivity index (χ4n) is 2.97. The number of nitrogens with zero attached hydrogens (tertiary/aromatic N) is 5. The molecule has 0 radical (unpaired) electrons. The van der Waals surface area contributed by atoms with Crippen molar-refractivity contribution in [2.24, 2.45) is 0 Å². The molecule has 3 aromatic rings. The lowest BCUT2D eigenvalue weighted by Gasteiger charge is -2.13. The van der Waals surface area contributed by atoms with Crippen LogP contribution >= 0.6 is 0 Å². The third-order valence-corrected chi connectivity index (χ3v) is 4.14. The lowest BCUT2D eigenvalue weighted by Crippen LogP contribution is -2.14. The number of rotatable bonds is 3. The van der Waals surface area contributed by atoms with E-state index < -0.39 is 12.2 Å². The van der Waals surface area contributed by atoms with E-state index in [4.69, 9.17) is 4.74 Å². The molecule has 3 heterocycles. The van der Waals surface area contributed by atoms with Crippen LogP contribution in [0.1, 0.15) is 29.8 Å². The fourth-order valence-corrected chi connectivity index (χ4v) is 2.97. The minimum absolute atomic E-state index is 0.285. The number of alkyl halides is 2. The lowest BCUT2D eigenvalue weighted by molar-refractivity contribution is 0.140. The van der Waals surface area contributed by atoms with Crippen LogP contribution in [0.3, 0.4) is 0 Å². The predicted molar refractivity (Wildman–Crippen MR) is 87.1 cm³/mol. The number of fused-ring (bicyclic) bond motifs is 1. The van der Waals surface area contributed by atoms with Crippen LogP contribution in [0, 0.1) is 13.8 Å². The Morgan fingerprint density at radius 2 is 2.00 bits per heavy atom. The molecule has 8 heteroatoms. The highest BCUT2D eigenvalue weighted by atomic mass is 19.3. The Hall–Kier alpha value is -2.77. The average molecular weight is 345 g/mol. The van der Waals surface area contributed by atoms with Crippen LogP contribution in [0.5, 0.6) is 5.88 Å². The fraction of sp³-hybridized carbons (Fsp3) is 0.353. The van der Waals surface area contributed by atoms with Gasteiger partial charge in [-0.25, -0.2) is 23.1 Å². The number of aromatic nitrogens is 5. The van der Waals surface area contributed by atoms with E-state index in [9.17, 15) is 8.78 Å². The molecule has 0 saturated carbocycles. The van der Waals surface area contributed by atoms with Crippen molar-refractivity contribution >= 4 is 0 Å². The Bertz CT molecular complexity index is 908. The molecular formula is C17H17F2N5O. The van der Waals surface area contributed by atoms with Crippen LogP contribution in [-0.4, -0.2) is 31.2 Å². The number of benzene rings is 1. The smallest absolute Gasteiger partial charge is 0.299 e. The van der Waals surface area contributed by atoms with Gasteiger partial charge in [0.25, 0.3) is 6.43 Å². The summed E-state index contributed by atoms with van der Waals surface area (Å²) in [6, 6.07) is 7.46. The molecule has 0 atom stereocenters. The molecule has 0 bridgehead atoms. The molecule has 0 N–H and O–H groups in total. The summed E-state index contributed by atoms with van der Waals surface area (Å²) in [5, 5.41) is 8.47. The number of halogens is 2. The van der Waals surface area contributed by atoms with Gasteiger partial charge in [0, 0.05) is 19.0 Å². The van der Waals surface area contributed by atoms with E-state index in [1.165, 1.54) is 4.68 Å². The topological polar surface area (TPSA) is 57.8 Å². The number of aryl methyl sites for hydroxylation is 3. The zero-order chi connectivity index (χ0) is 17.6. The molecule has 0 amide bonds. The van der Waals surface area contributed by atoms with Crippen molar-refractivity contribution in [1.29, 1.82) is 0 Å². The number of hydrogen-bond donors (Lipinski definition) is 0. The van der Waals surface area contributed by atoms with E-state index in [1.54, 1.807) is 10.7 Å². The minimum atomic E-state index is -2.75. The predicted octanol–water partition coefficient (Wildman–Crippen LogP) is 3.47. The molecule has 0 saturated heterocycles. The zero-order valence-electron chi connectivity index (χ0n) is 13.9. The molecule has 25 heavy (non-hydrogen) atoms. The van der Waals surface area contributed by atoms with E-state index in [0.29, 0.717) is 23.9 Å². The second-order valence-electron chi connectivity index (χ2n) is 6.09. The van der Waals surface area contributed by atoms with E-state index in [2.05, 4.69) is 15.2 Å². The summed E-state index contributed by atoms with van der Waals surface area (Å²) in [4.78, 5) is 4.03. The summed E-state index contributed by atoms with van der Waals surface area (Å²) in [5.41, 5.74) is 3.18. The van der Waals surface area contributed by atoms with E-state index in [-0.39, 0.29) is 5.82 Å². The van der Waals surface area contributed by atoms with Gasteiger partial charge < -0.3 is 4.74 Å². The van der Waals surface area contributed by atoms with Gasteiger partial charge in [-0.15, -0.1) is 5.10 Å². The van der Waals surface area contributed by atoms with Crippen molar-refractivity contribution in [3.63, 3.8) is 0 Å². The maximum absolute atomic E-state index is 13.2. The SMILES string of the molecule is Cc1ccc(-n2nc(C(F)F)nc2-c2cc3n(n2)CCCO3)c(C)c1. The van der Waals surface area contributed by atoms with Crippen molar-refractivity contribution in [3.05, 3.63) is 41.2 Å². The summed E-state index contributed by atoms with van der Waals surface area (Å²) >= 11 is 0. The van der Waals surface area contributed by atoms with Gasteiger partial charge in [0.05, 0.1) is 12.3 Å². The van der Waals surface area contributed by atoms with Crippen molar-refractivity contribution in [2.75, 3.05) is 6.61 Å². The normalized spacial score (nSPS) is 13.8. The average Bonchev–Trinajstić information content (AvgIpc) is 3.18. The monoisotopic (exact) mass is 345 g/mol. The van der Waals surface area contributed by atoms with Crippen molar-refractivity contribution in [1.82, 2.24) is 24.5 Å². The Labute approximate surface area is 143 Å². The molecule has 130 valence electrons. The third-order valence-electron chi connectivity index (χ3n) is 4.14. The van der Waals surface area contributed by atoms with Gasteiger partial charge in [-0.2, -0.15) is 5.10 Å². The second kappa shape index (κ2) is 5.94. The largest absolute Gasteiger partial charge is 0.478 e. The highest BCUT2D eigenvalue weighted by Crippen LogP contribution is 2.29. The van der Waals surface area contributed by atoms with Crippen LogP contribution in [0.15, 0.2) is 24.3 Å². The van der Waals surface area contributed by atoms with Crippen LogP contribution in [0.2, 0.25) is 0 Å².